The van der Waals surface area contributed by atoms with Crippen molar-refractivity contribution in [1.29, 1.82) is 0 Å². The molecular formula is C17H21BrN2O2S. The van der Waals surface area contributed by atoms with Crippen molar-refractivity contribution in [3.63, 3.8) is 0 Å². The fourth-order valence-corrected chi connectivity index (χ4v) is 3.82. The largest absolute Gasteiger partial charge is 0.496 e. The van der Waals surface area contributed by atoms with E-state index in [1.165, 1.54) is 5.56 Å². The number of amides is 2. The van der Waals surface area contributed by atoms with Crippen LogP contribution in [0.15, 0.2) is 34.1 Å². The van der Waals surface area contributed by atoms with E-state index in [1.54, 1.807) is 30.4 Å². The first-order chi connectivity index (χ1) is 11.0. The van der Waals surface area contributed by atoms with E-state index in [9.17, 15) is 4.79 Å². The maximum atomic E-state index is 12.1. The van der Waals surface area contributed by atoms with Crippen LogP contribution in [0.3, 0.4) is 0 Å². The Kier molecular flexibility index (Phi) is 6.47. The molecule has 0 aliphatic rings. The van der Waals surface area contributed by atoms with E-state index in [1.807, 2.05) is 24.3 Å². The van der Waals surface area contributed by atoms with Crippen LogP contribution in [0, 0.1) is 6.92 Å². The average molecular weight is 397 g/mol. The number of nitrogens with zero attached hydrogens (tertiary/aromatic N) is 1. The van der Waals surface area contributed by atoms with Crippen molar-refractivity contribution in [2.75, 3.05) is 20.7 Å². The van der Waals surface area contributed by atoms with Gasteiger partial charge in [0.25, 0.3) is 0 Å². The molecule has 0 aliphatic heterocycles. The van der Waals surface area contributed by atoms with E-state index in [2.05, 4.69) is 34.2 Å². The lowest BCUT2D eigenvalue weighted by atomic mass is 10.1. The van der Waals surface area contributed by atoms with Gasteiger partial charge in [-0.3, -0.25) is 0 Å². The van der Waals surface area contributed by atoms with Crippen LogP contribution in [-0.2, 0) is 13.0 Å². The van der Waals surface area contributed by atoms with Crippen molar-refractivity contribution >= 4 is 33.3 Å². The fraction of sp³-hybridized carbons (Fsp3) is 0.353. The van der Waals surface area contributed by atoms with Crippen molar-refractivity contribution in [3.8, 4) is 5.75 Å². The van der Waals surface area contributed by atoms with Crippen LogP contribution in [-0.4, -0.2) is 31.6 Å². The Morgan fingerprint density at radius 3 is 2.78 bits per heavy atom. The number of aryl methyl sites for hydroxylation is 1. The van der Waals surface area contributed by atoms with Gasteiger partial charge in [0.1, 0.15) is 5.75 Å². The summed E-state index contributed by atoms with van der Waals surface area (Å²) in [5.74, 6) is 0.863. The van der Waals surface area contributed by atoms with Gasteiger partial charge < -0.3 is 15.0 Å². The van der Waals surface area contributed by atoms with Gasteiger partial charge in [0.2, 0.25) is 0 Å². The number of halogens is 1. The number of thiophene rings is 1. The number of hydrogen-bond acceptors (Lipinski definition) is 3. The van der Waals surface area contributed by atoms with Crippen molar-refractivity contribution in [2.24, 2.45) is 0 Å². The zero-order valence-electron chi connectivity index (χ0n) is 13.6. The minimum absolute atomic E-state index is 0.0684. The first-order valence-corrected chi connectivity index (χ1v) is 8.97. The van der Waals surface area contributed by atoms with Crippen molar-refractivity contribution in [2.45, 2.75) is 19.9 Å². The van der Waals surface area contributed by atoms with Gasteiger partial charge in [-0.1, -0.05) is 17.7 Å². The molecule has 23 heavy (non-hydrogen) atoms. The van der Waals surface area contributed by atoms with Gasteiger partial charge in [-0.05, 0) is 53.0 Å². The van der Waals surface area contributed by atoms with Crippen LogP contribution in [0.2, 0.25) is 0 Å². The molecule has 0 unspecified atom stereocenters. The molecule has 0 saturated heterocycles. The van der Waals surface area contributed by atoms with Gasteiger partial charge in [-0.2, -0.15) is 0 Å². The van der Waals surface area contributed by atoms with Crippen molar-refractivity contribution in [1.82, 2.24) is 10.2 Å². The quantitative estimate of drug-likeness (QED) is 0.794. The predicted octanol–water partition coefficient (Wildman–Crippen LogP) is 4.21. The fourth-order valence-electron chi connectivity index (χ4n) is 2.28. The van der Waals surface area contributed by atoms with Gasteiger partial charge >= 0.3 is 6.03 Å². The molecule has 2 aromatic rings. The number of urea groups is 1. The standard InChI is InChI=1S/C17H21BrN2O2S/c1-12-4-6-15(22-3)13(10-12)8-9-19-17(21)20(2)11-14-5-7-16(18)23-14/h4-7,10H,8-9,11H2,1-3H3,(H,19,21). The number of benzene rings is 1. The molecule has 6 heteroatoms. The Morgan fingerprint density at radius 2 is 2.13 bits per heavy atom. The second-order valence-corrected chi connectivity index (χ2v) is 7.91. The van der Waals surface area contributed by atoms with Gasteiger partial charge in [-0.15, -0.1) is 11.3 Å². The first-order valence-electron chi connectivity index (χ1n) is 7.36. The summed E-state index contributed by atoms with van der Waals surface area (Å²) in [5.41, 5.74) is 2.30. The summed E-state index contributed by atoms with van der Waals surface area (Å²) in [5, 5.41) is 2.95. The molecule has 0 radical (unpaired) electrons. The SMILES string of the molecule is COc1ccc(C)cc1CCNC(=O)N(C)Cc1ccc(Br)s1. The number of ether oxygens (including phenoxy) is 1. The minimum Gasteiger partial charge on any atom is -0.496 e. The molecular weight excluding hydrogens is 376 g/mol. The van der Waals surface area contributed by atoms with E-state index in [-0.39, 0.29) is 6.03 Å². The third kappa shape index (κ3) is 5.25. The van der Waals surface area contributed by atoms with E-state index < -0.39 is 0 Å². The number of methoxy groups -OCH3 is 1. The highest BCUT2D eigenvalue weighted by molar-refractivity contribution is 9.11. The third-order valence-corrected chi connectivity index (χ3v) is 5.08. The molecule has 0 aliphatic carbocycles. The van der Waals surface area contributed by atoms with Crippen LogP contribution in [0.25, 0.3) is 0 Å². The Bertz CT molecular complexity index is 672. The molecule has 0 spiro atoms. The number of carbonyl (C=O) groups excluding carboxylic acids is 1. The second kappa shape index (κ2) is 8.36. The van der Waals surface area contributed by atoms with E-state index >= 15 is 0 Å². The highest BCUT2D eigenvalue weighted by Gasteiger charge is 2.10. The lowest BCUT2D eigenvalue weighted by Crippen LogP contribution is -2.37. The first kappa shape index (κ1) is 17.8. The summed E-state index contributed by atoms with van der Waals surface area (Å²) in [6.45, 7) is 3.24. The van der Waals surface area contributed by atoms with Crippen molar-refractivity contribution in [3.05, 3.63) is 50.1 Å². The van der Waals surface area contributed by atoms with Crippen LogP contribution >= 0.6 is 27.3 Å². The lowest BCUT2D eigenvalue weighted by molar-refractivity contribution is 0.207. The Hall–Kier alpha value is -1.53. The van der Waals surface area contributed by atoms with Gasteiger partial charge in [0, 0.05) is 18.5 Å². The molecule has 0 saturated carbocycles. The van der Waals surface area contributed by atoms with Crippen LogP contribution < -0.4 is 10.1 Å². The zero-order valence-corrected chi connectivity index (χ0v) is 16.0. The zero-order chi connectivity index (χ0) is 16.8. The summed E-state index contributed by atoms with van der Waals surface area (Å²) >= 11 is 5.07. The van der Waals surface area contributed by atoms with Crippen LogP contribution in [0.5, 0.6) is 5.75 Å². The van der Waals surface area contributed by atoms with Gasteiger partial charge in [0.05, 0.1) is 17.4 Å². The van der Waals surface area contributed by atoms with E-state index in [4.69, 9.17) is 4.74 Å². The molecule has 1 aromatic carbocycles. The normalized spacial score (nSPS) is 10.4. The molecule has 4 nitrogen and oxygen atoms in total. The highest BCUT2D eigenvalue weighted by Crippen LogP contribution is 2.23. The van der Waals surface area contributed by atoms with Crippen molar-refractivity contribution < 1.29 is 9.53 Å². The molecule has 0 bridgehead atoms. The summed E-state index contributed by atoms with van der Waals surface area (Å²) < 4.78 is 6.44. The maximum absolute atomic E-state index is 12.1. The molecule has 124 valence electrons. The number of carbonyl (C=O) groups is 1. The number of nitrogens with one attached hydrogen (secondary N) is 1. The smallest absolute Gasteiger partial charge is 0.317 e. The van der Waals surface area contributed by atoms with Crippen LogP contribution in [0.1, 0.15) is 16.0 Å². The summed E-state index contributed by atoms with van der Waals surface area (Å²) in [7, 11) is 3.47. The average Bonchev–Trinajstić information content (AvgIpc) is 2.92. The van der Waals surface area contributed by atoms with E-state index in [0.29, 0.717) is 13.1 Å². The highest BCUT2D eigenvalue weighted by atomic mass is 79.9. The monoisotopic (exact) mass is 396 g/mol. The molecule has 1 heterocycles. The lowest BCUT2D eigenvalue weighted by Gasteiger charge is -2.17. The Morgan fingerprint density at radius 1 is 1.35 bits per heavy atom. The summed E-state index contributed by atoms with van der Waals surface area (Å²) in [6.07, 6.45) is 0.745. The molecule has 1 aromatic heterocycles. The van der Waals surface area contributed by atoms with Crippen LogP contribution in [0.4, 0.5) is 4.79 Å². The Balaban J connectivity index is 1.83. The Labute approximate surface area is 149 Å². The molecule has 0 fully saturated rings. The summed E-state index contributed by atoms with van der Waals surface area (Å²) in [6, 6.07) is 10.0. The second-order valence-electron chi connectivity index (χ2n) is 5.36. The third-order valence-electron chi connectivity index (χ3n) is 3.48. The molecule has 1 N–H and O–H groups in total. The number of hydrogen-bond donors (Lipinski definition) is 1. The molecule has 2 rings (SSSR count). The predicted molar refractivity (Wildman–Crippen MR) is 98.3 cm³/mol. The topological polar surface area (TPSA) is 41.6 Å². The maximum Gasteiger partial charge on any atom is 0.317 e. The number of rotatable bonds is 6. The summed E-state index contributed by atoms with van der Waals surface area (Å²) in [4.78, 5) is 15.0. The minimum atomic E-state index is -0.0684. The van der Waals surface area contributed by atoms with Gasteiger partial charge in [0.15, 0.2) is 0 Å². The molecule has 0 atom stereocenters. The van der Waals surface area contributed by atoms with Gasteiger partial charge in [-0.25, -0.2) is 4.79 Å². The van der Waals surface area contributed by atoms with E-state index in [0.717, 1.165) is 26.4 Å². The molecule has 2 amide bonds.